The van der Waals surface area contributed by atoms with Crippen molar-refractivity contribution >= 4 is 11.9 Å². The normalized spacial score (nSPS) is 13.8. The Morgan fingerprint density at radius 2 is 1.08 bits per heavy atom. The van der Waals surface area contributed by atoms with Gasteiger partial charge in [-0.25, -0.2) is 0 Å². The number of esters is 1. The van der Waals surface area contributed by atoms with Gasteiger partial charge in [0.15, 0.2) is 0 Å². The largest absolute Gasteiger partial charge is 0.462 e. The van der Waals surface area contributed by atoms with Crippen molar-refractivity contribution in [3.8, 4) is 0 Å². The molecule has 0 fully saturated rings. The molecule has 6 heteroatoms. The average Bonchev–Trinajstić information content (AvgIpc) is 3.10. The van der Waals surface area contributed by atoms with E-state index in [1.165, 1.54) is 89.9 Å². The number of ether oxygens (including phenoxy) is 1. The fourth-order valence-corrected chi connectivity index (χ4v) is 6.31. The highest BCUT2D eigenvalue weighted by Crippen LogP contribution is 2.17. The first-order valence-electron chi connectivity index (χ1n) is 21.2. The van der Waals surface area contributed by atoms with Crippen molar-refractivity contribution in [3.05, 3.63) is 36.5 Å². The van der Waals surface area contributed by atoms with Gasteiger partial charge < -0.3 is 20.3 Å². The van der Waals surface area contributed by atoms with Gasteiger partial charge in [-0.3, -0.25) is 9.59 Å². The summed E-state index contributed by atoms with van der Waals surface area (Å²) in [5.74, 6) is -0.493. The molecule has 0 aliphatic heterocycles. The van der Waals surface area contributed by atoms with Crippen molar-refractivity contribution in [1.82, 2.24) is 5.32 Å². The van der Waals surface area contributed by atoms with Crippen LogP contribution in [0.2, 0.25) is 0 Å². The lowest BCUT2D eigenvalue weighted by atomic mass is 10.0. The fraction of sp³-hybridized carbons (Fsp3) is 0.818. The number of carbonyl (C=O) groups is 2. The molecule has 0 aliphatic rings. The van der Waals surface area contributed by atoms with Crippen LogP contribution in [0.1, 0.15) is 207 Å². The van der Waals surface area contributed by atoms with Crippen LogP contribution in [0.3, 0.4) is 0 Å². The van der Waals surface area contributed by atoms with Crippen molar-refractivity contribution in [3.63, 3.8) is 0 Å². The number of allylic oxidation sites excluding steroid dienone is 6. The Labute approximate surface area is 309 Å². The first-order chi connectivity index (χ1) is 24.5. The zero-order chi connectivity index (χ0) is 36.8. The van der Waals surface area contributed by atoms with Crippen molar-refractivity contribution in [2.24, 2.45) is 0 Å². The second-order valence-corrected chi connectivity index (χ2v) is 14.4. The van der Waals surface area contributed by atoms with E-state index in [4.69, 9.17) is 4.74 Å². The van der Waals surface area contributed by atoms with E-state index in [0.717, 1.165) is 70.6 Å². The van der Waals surface area contributed by atoms with Crippen LogP contribution < -0.4 is 5.32 Å². The number of aliphatic hydroxyl groups is 2. The van der Waals surface area contributed by atoms with Gasteiger partial charge in [0.1, 0.15) is 6.10 Å². The maximum Gasteiger partial charge on any atom is 0.306 e. The molecule has 3 N–H and O–H groups in total. The van der Waals surface area contributed by atoms with E-state index in [0.29, 0.717) is 19.3 Å². The lowest BCUT2D eigenvalue weighted by Crippen LogP contribution is -2.46. The Bertz CT molecular complexity index is 838. The van der Waals surface area contributed by atoms with E-state index in [1.807, 2.05) is 0 Å². The predicted octanol–water partition coefficient (Wildman–Crippen LogP) is 11.8. The number of amides is 1. The molecule has 0 aliphatic carbocycles. The fourth-order valence-electron chi connectivity index (χ4n) is 6.31. The summed E-state index contributed by atoms with van der Waals surface area (Å²) in [7, 11) is 0. The maximum absolute atomic E-state index is 13.0. The van der Waals surface area contributed by atoms with E-state index >= 15 is 0 Å². The molecule has 3 unspecified atom stereocenters. The smallest absolute Gasteiger partial charge is 0.306 e. The summed E-state index contributed by atoms with van der Waals surface area (Å²) in [6, 6.07) is -0.696. The number of hydrogen-bond donors (Lipinski definition) is 3. The third-order valence-corrected chi connectivity index (χ3v) is 9.54. The van der Waals surface area contributed by atoms with Crippen LogP contribution in [-0.2, 0) is 14.3 Å². The first kappa shape index (κ1) is 48.1. The first-order valence-corrected chi connectivity index (χ1v) is 21.2. The van der Waals surface area contributed by atoms with Gasteiger partial charge in [-0.05, 0) is 44.9 Å². The lowest BCUT2D eigenvalue weighted by Gasteiger charge is -2.24. The minimum absolute atomic E-state index is 0.0736. The molecule has 0 aromatic heterocycles. The number of carbonyl (C=O) groups excluding carboxylic acids is 2. The van der Waals surface area contributed by atoms with Crippen molar-refractivity contribution in [1.29, 1.82) is 0 Å². The standard InChI is InChI=1S/C44H81NO5/c1-4-7-10-13-16-18-19-20-21-22-23-25-28-31-34-37-44(49)50-40(35-32-29-26-15-12-9-6-3)38-43(48)45-41(39-46)42(47)36-33-30-27-24-17-14-11-8-5-2/h7,10,13,16,18-19,40-42,46-47H,4-6,8-9,11-12,14-15,17,20-39H2,1-3H3,(H,45,48)/b10-7+,16-13+,19-18+. The Hall–Kier alpha value is -1.92. The summed E-state index contributed by atoms with van der Waals surface area (Å²) in [5, 5.41) is 23.5. The minimum Gasteiger partial charge on any atom is -0.462 e. The van der Waals surface area contributed by atoms with Crippen LogP contribution >= 0.6 is 0 Å². The van der Waals surface area contributed by atoms with Crippen LogP contribution in [0.5, 0.6) is 0 Å². The second kappa shape index (κ2) is 38.3. The molecule has 50 heavy (non-hydrogen) atoms. The molecule has 0 heterocycles. The molecule has 292 valence electrons. The number of rotatable bonds is 37. The lowest BCUT2D eigenvalue weighted by molar-refractivity contribution is -0.151. The Balaban J connectivity index is 4.47. The average molecular weight is 704 g/mol. The third kappa shape index (κ3) is 33.2. The highest BCUT2D eigenvalue weighted by atomic mass is 16.5. The zero-order valence-corrected chi connectivity index (χ0v) is 33.0. The van der Waals surface area contributed by atoms with Gasteiger partial charge in [0, 0.05) is 6.42 Å². The van der Waals surface area contributed by atoms with Crippen LogP contribution in [0.15, 0.2) is 36.5 Å². The number of unbranched alkanes of at least 4 members (excludes halogenated alkanes) is 21. The van der Waals surface area contributed by atoms with Crippen molar-refractivity contribution in [2.45, 2.75) is 225 Å². The van der Waals surface area contributed by atoms with E-state index in [1.54, 1.807) is 0 Å². The summed E-state index contributed by atoms with van der Waals surface area (Å²) in [6.07, 6.45) is 42.1. The summed E-state index contributed by atoms with van der Waals surface area (Å²) in [4.78, 5) is 25.8. The van der Waals surface area contributed by atoms with Gasteiger partial charge in [0.05, 0.1) is 25.2 Å². The Kier molecular flexibility index (Phi) is 36.8. The molecule has 3 atom stereocenters. The summed E-state index contributed by atoms with van der Waals surface area (Å²) in [6.45, 7) is 6.28. The number of aliphatic hydroxyl groups excluding tert-OH is 2. The van der Waals surface area contributed by atoms with Gasteiger partial charge in [0.25, 0.3) is 0 Å². The highest BCUT2D eigenvalue weighted by Gasteiger charge is 2.24. The van der Waals surface area contributed by atoms with Gasteiger partial charge in [-0.15, -0.1) is 0 Å². The molecular weight excluding hydrogens is 622 g/mol. The molecular formula is C44H81NO5. The Morgan fingerprint density at radius 3 is 1.62 bits per heavy atom. The second-order valence-electron chi connectivity index (χ2n) is 14.4. The topological polar surface area (TPSA) is 95.9 Å². The minimum atomic E-state index is -0.783. The van der Waals surface area contributed by atoms with Gasteiger partial charge in [0.2, 0.25) is 5.91 Å². The SMILES string of the molecule is CC/C=C/C=C/C=C/CCCCCCCCCC(=O)OC(CCCCCCCCC)CC(=O)NC(CO)C(O)CCCCCCCCCCC. The molecule has 6 nitrogen and oxygen atoms in total. The van der Waals surface area contributed by atoms with Crippen LogP contribution in [0.4, 0.5) is 0 Å². The summed E-state index contributed by atoms with van der Waals surface area (Å²) < 4.78 is 5.85. The molecule has 0 aromatic rings. The van der Waals surface area contributed by atoms with Crippen molar-refractivity contribution < 1.29 is 24.5 Å². The molecule has 1 amide bonds. The molecule has 0 spiro atoms. The van der Waals surface area contributed by atoms with Gasteiger partial charge in [-0.2, -0.15) is 0 Å². The zero-order valence-electron chi connectivity index (χ0n) is 33.0. The molecule has 0 aromatic carbocycles. The quantitative estimate of drug-likeness (QED) is 0.0340. The number of hydrogen-bond acceptors (Lipinski definition) is 5. The van der Waals surface area contributed by atoms with Crippen LogP contribution in [0.25, 0.3) is 0 Å². The van der Waals surface area contributed by atoms with E-state index in [-0.39, 0.29) is 24.9 Å². The van der Waals surface area contributed by atoms with E-state index < -0.39 is 18.2 Å². The van der Waals surface area contributed by atoms with Crippen LogP contribution in [0, 0.1) is 0 Å². The Morgan fingerprint density at radius 1 is 0.600 bits per heavy atom. The molecule has 0 rings (SSSR count). The summed E-state index contributed by atoms with van der Waals surface area (Å²) >= 11 is 0. The van der Waals surface area contributed by atoms with E-state index in [9.17, 15) is 19.8 Å². The molecule has 0 bridgehead atoms. The third-order valence-electron chi connectivity index (χ3n) is 9.54. The van der Waals surface area contributed by atoms with Crippen molar-refractivity contribution in [2.75, 3.05) is 6.61 Å². The molecule has 0 radical (unpaired) electrons. The molecule has 0 saturated heterocycles. The van der Waals surface area contributed by atoms with Gasteiger partial charge >= 0.3 is 5.97 Å². The van der Waals surface area contributed by atoms with Crippen LogP contribution in [-0.4, -0.2) is 46.9 Å². The number of nitrogens with one attached hydrogen (secondary N) is 1. The monoisotopic (exact) mass is 704 g/mol. The van der Waals surface area contributed by atoms with E-state index in [2.05, 4.69) is 62.5 Å². The summed E-state index contributed by atoms with van der Waals surface area (Å²) in [5.41, 5.74) is 0. The molecule has 0 saturated carbocycles. The maximum atomic E-state index is 13.0. The van der Waals surface area contributed by atoms with Gasteiger partial charge in [-0.1, -0.05) is 186 Å². The highest BCUT2D eigenvalue weighted by molar-refractivity contribution is 5.77. The predicted molar refractivity (Wildman–Crippen MR) is 213 cm³/mol.